The quantitative estimate of drug-likeness (QED) is 0.694. The minimum Gasteiger partial charge on any atom is -0.428 e. The van der Waals surface area contributed by atoms with E-state index in [1.165, 1.54) is 21.6 Å². The van der Waals surface area contributed by atoms with Crippen LogP contribution in [0.4, 0.5) is 0 Å². The van der Waals surface area contributed by atoms with E-state index in [-0.39, 0.29) is 5.09 Å². The number of aromatic nitrogens is 4. The molecular formula is C17H21N5O3S. The number of piperidine rings is 1. The molecule has 0 radical (unpaired) electrons. The summed E-state index contributed by atoms with van der Waals surface area (Å²) in [6.45, 7) is 4.69. The third-order valence-electron chi connectivity index (χ3n) is 5.01. The Hall–Kier alpha value is -2.26. The molecule has 1 aliphatic rings. The lowest BCUT2D eigenvalue weighted by Crippen LogP contribution is -2.38. The predicted molar refractivity (Wildman–Crippen MR) is 94.3 cm³/mol. The van der Waals surface area contributed by atoms with Gasteiger partial charge in [-0.15, -0.1) is 0 Å². The van der Waals surface area contributed by atoms with Crippen molar-refractivity contribution in [2.45, 2.75) is 44.1 Å². The van der Waals surface area contributed by atoms with Crippen LogP contribution >= 0.6 is 0 Å². The molecule has 3 aromatic rings. The molecule has 0 atom stereocenters. The molecule has 0 amide bonds. The van der Waals surface area contributed by atoms with Gasteiger partial charge in [-0.3, -0.25) is 0 Å². The fourth-order valence-corrected chi connectivity index (χ4v) is 4.94. The van der Waals surface area contributed by atoms with Gasteiger partial charge in [0.15, 0.2) is 11.5 Å². The zero-order chi connectivity index (χ0) is 18.3. The zero-order valence-corrected chi connectivity index (χ0v) is 15.6. The van der Waals surface area contributed by atoms with Crippen LogP contribution < -0.4 is 0 Å². The van der Waals surface area contributed by atoms with E-state index in [0.29, 0.717) is 24.9 Å². The van der Waals surface area contributed by atoms with Crippen LogP contribution in [0.1, 0.15) is 42.7 Å². The molecule has 1 saturated heterocycles. The number of aryl methyl sites for hydroxylation is 2. The van der Waals surface area contributed by atoms with Crippen LogP contribution in [0.3, 0.4) is 0 Å². The first-order valence-electron chi connectivity index (χ1n) is 8.73. The molecule has 26 heavy (non-hydrogen) atoms. The van der Waals surface area contributed by atoms with Crippen LogP contribution in [-0.4, -0.2) is 45.4 Å². The molecule has 8 nitrogen and oxygen atoms in total. The molecule has 1 aliphatic heterocycles. The minimum atomic E-state index is -3.61. The lowest BCUT2D eigenvalue weighted by Gasteiger charge is -2.31. The first-order valence-corrected chi connectivity index (χ1v) is 10.2. The molecule has 4 heterocycles. The molecule has 0 aromatic carbocycles. The van der Waals surface area contributed by atoms with Crippen molar-refractivity contribution >= 4 is 15.7 Å². The van der Waals surface area contributed by atoms with E-state index in [4.69, 9.17) is 4.42 Å². The van der Waals surface area contributed by atoms with Gasteiger partial charge in [0.05, 0.1) is 6.20 Å². The van der Waals surface area contributed by atoms with E-state index in [1.807, 2.05) is 6.20 Å². The van der Waals surface area contributed by atoms with Gasteiger partial charge in [0.1, 0.15) is 6.33 Å². The van der Waals surface area contributed by atoms with Gasteiger partial charge in [0.25, 0.3) is 15.1 Å². The normalized spacial score (nSPS) is 17.2. The predicted octanol–water partition coefficient (Wildman–Crippen LogP) is 2.16. The largest absolute Gasteiger partial charge is 0.428 e. The topological polar surface area (TPSA) is 93.6 Å². The van der Waals surface area contributed by atoms with Gasteiger partial charge in [0.2, 0.25) is 0 Å². The summed E-state index contributed by atoms with van der Waals surface area (Å²) >= 11 is 0. The third kappa shape index (κ3) is 2.90. The van der Waals surface area contributed by atoms with Crippen molar-refractivity contribution in [1.82, 2.24) is 23.9 Å². The number of pyridine rings is 1. The van der Waals surface area contributed by atoms with Gasteiger partial charge in [-0.05, 0) is 42.4 Å². The maximum atomic E-state index is 12.7. The highest BCUT2D eigenvalue weighted by Gasteiger charge is 2.33. The van der Waals surface area contributed by atoms with Crippen molar-refractivity contribution in [2.75, 3.05) is 13.1 Å². The van der Waals surface area contributed by atoms with Crippen molar-refractivity contribution in [1.29, 1.82) is 0 Å². The Morgan fingerprint density at radius 1 is 1.27 bits per heavy atom. The molecule has 1 fully saturated rings. The van der Waals surface area contributed by atoms with Gasteiger partial charge in [0, 0.05) is 26.2 Å². The Balaban J connectivity index is 1.55. The minimum absolute atomic E-state index is 0.0771. The highest BCUT2D eigenvalue weighted by atomic mass is 32.2. The van der Waals surface area contributed by atoms with Crippen molar-refractivity contribution in [3.05, 3.63) is 41.8 Å². The molecule has 0 spiro atoms. The van der Waals surface area contributed by atoms with Crippen molar-refractivity contribution < 1.29 is 12.8 Å². The van der Waals surface area contributed by atoms with Crippen molar-refractivity contribution in [2.24, 2.45) is 0 Å². The van der Waals surface area contributed by atoms with Crippen LogP contribution in [0.15, 0.2) is 34.3 Å². The summed E-state index contributed by atoms with van der Waals surface area (Å²) in [5, 5.41) is 4.15. The molecule has 0 bridgehead atoms. The van der Waals surface area contributed by atoms with Gasteiger partial charge in [-0.1, -0.05) is 6.92 Å². The van der Waals surface area contributed by atoms with E-state index in [1.54, 1.807) is 17.8 Å². The van der Waals surface area contributed by atoms with Crippen molar-refractivity contribution in [3.8, 4) is 0 Å². The molecule has 138 valence electrons. The van der Waals surface area contributed by atoms with Crippen LogP contribution in [-0.2, 0) is 16.4 Å². The Bertz CT molecular complexity index is 1030. The van der Waals surface area contributed by atoms with Gasteiger partial charge < -0.3 is 4.42 Å². The van der Waals surface area contributed by atoms with Crippen LogP contribution in [0.25, 0.3) is 5.65 Å². The first kappa shape index (κ1) is 17.2. The molecule has 3 aromatic heterocycles. The monoisotopic (exact) mass is 375 g/mol. The van der Waals surface area contributed by atoms with Gasteiger partial charge in [-0.25, -0.2) is 22.9 Å². The van der Waals surface area contributed by atoms with E-state index >= 15 is 0 Å². The Morgan fingerprint density at radius 3 is 2.69 bits per heavy atom. The lowest BCUT2D eigenvalue weighted by atomic mass is 9.87. The summed E-state index contributed by atoms with van der Waals surface area (Å²) in [5.41, 5.74) is 3.32. The lowest BCUT2D eigenvalue weighted by molar-refractivity contribution is 0.307. The van der Waals surface area contributed by atoms with Crippen LogP contribution in [0.5, 0.6) is 0 Å². The number of hydrogen-bond donors (Lipinski definition) is 0. The Kier molecular flexibility index (Phi) is 4.28. The maximum Gasteiger partial charge on any atom is 0.278 e. The molecule has 0 unspecified atom stereocenters. The summed E-state index contributed by atoms with van der Waals surface area (Å²) in [6.07, 6.45) is 7.31. The summed E-state index contributed by atoms with van der Waals surface area (Å²) < 4.78 is 33.9. The van der Waals surface area contributed by atoms with Crippen molar-refractivity contribution in [3.63, 3.8) is 0 Å². The first-order chi connectivity index (χ1) is 12.5. The average Bonchev–Trinajstić information content (AvgIpc) is 3.29. The molecule has 0 N–H and O–H groups in total. The average molecular weight is 375 g/mol. The van der Waals surface area contributed by atoms with E-state index < -0.39 is 10.0 Å². The fraction of sp³-hybridized carbons (Fsp3) is 0.471. The second-order valence-electron chi connectivity index (χ2n) is 6.55. The molecule has 9 heteroatoms. The fourth-order valence-electron chi connectivity index (χ4n) is 3.58. The Labute approximate surface area is 151 Å². The molecule has 0 aliphatic carbocycles. The molecule has 0 saturated carbocycles. The molecule has 4 rings (SSSR count). The van der Waals surface area contributed by atoms with E-state index in [9.17, 15) is 8.42 Å². The molecular weight excluding hydrogens is 354 g/mol. The number of hydrogen-bond acceptors (Lipinski definition) is 6. The van der Waals surface area contributed by atoms with Crippen LogP contribution in [0, 0.1) is 6.92 Å². The SMILES string of the molecule is CCc1cc2ncnn2cc1C1CCN(S(=O)(=O)c2cnc(C)o2)CC1. The van der Waals surface area contributed by atoms with Gasteiger partial charge in [-0.2, -0.15) is 9.40 Å². The van der Waals surface area contributed by atoms with Crippen LogP contribution in [0.2, 0.25) is 0 Å². The number of oxazole rings is 1. The number of nitrogens with zero attached hydrogens (tertiary/aromatic N) is 5. The van der Waals surface area contributed by atoms with Gasteiger partial charge >= 0.3 is 0 Å². The third-order valence-corrected chi connectivity index (χ3v) is 6.75. The number of fused-ring (bicyclic) bond motifs is 1. The highest BCUT2D eigenvalue weighted by Crippen LogP contribution is 2.33. The Morgan fingerprint density at radius 2 is 2.04 bits per heavy atom. The smallest absolute Gasteiger partial charge is 0.278 e. The second kappa shape index (κ2) is 6.48. The second-order valence-corrected chi connectivity index (χ2v) is 8.42. The maximum absolute atomic E-state index is 12.7. The summed E-state index contributed by atoms with van der Waals surface area (Å²) in [7, 11) is -3.61. The zero-order valence-electron chi connectivity index (χ0n) is 14.8. The van der Waals surface area contributed by atoms with E-state index in [0.717, 1.165) is 24.9 Å². The highest BCUT2D eigenvalue weighted by molar-refractivity contribution is 7.89. The summed E-state index contributed by atoms with van der Waals surface area (Å²) in [5.74, 6) is 0.661. The summed E-state index contributed by atoms with van der Waals surface area (Å²) in [6, 6.07) is 2.07. The number of rotatable bonds is 4. The van der Waals surface area contributed by atoms with E-state index in [2.05, 4.69) is 28.1 Å². The standard InChI is InChI=1S/C17H21N5O3S/c1-3-13-8-16-19-11-20-22(16)10-15(13)14-4-6-21(7-5-14)26(23,24)17-9-18-12(2)25-17/h8-11,14H,3-7H2,1-2H3. The summed E-state index contributed by atoms with van der Waals surface area (Å²) in [4.78, 5) is 8.14. The number of sulfonamides is 1.